The number of H-pyrrole nitrogens is 1. The van der Waals surface area contributed by atoms with E-state index in [1.54, 1.807) is 0 Å². The van der Waals surface area contributed by atoms with Gasteiger partial charge in [0.05, 0.1) is 5.56 Å². The molecule has 0 aliphatic carbocycles. The van der Waals surface area contributed by atoms with Crippen LogP contribution in [-0.4, -0.2) is 16.2 Å². The molecule has 0 amide bonds. The minimum absolute atomic E-state index is 0.246. The molecular formula is C17H22N4O. The van der Waals surface area contributed by atoms with Gasteiger partial charge in [0.15, 0.2) is 0 Å². The molecule has 0 aliphatic heterocycles. The highest BCUT2D eigenvalue weighted by Gasteiger charge is 2.12. The number of rotatable bonds is 6. The molecule has 0 saturated heterocycles. The molecule has 3 N–H and O–H groups in total. The van der Waals surface area contributed by atoms with Gasteiger partial charge < -0.3 is 15.7 Å². The fourth-order valence-electron chi connectivity index (χ4n) is 2.17. The third-order valence-electron chi connectivity index (χ3n) is 3.79. The monoisotopic (exact) mass is 298 g/mol. The van der Waals surface area contributed by atoms with E-state index >= 15 is 0 Å². The molecule has 22 heavy (non-hydrogen) atoms. The Hall–Kier alpha value is -2.43. The minimum Gasteiger partial charge on any atom is -0.339 e. The van der Waals surface area contributed by atoms with Crippen LogP contribution in [0.25, 0.3) is 0 Å². The van der Waals surface area contributed by atoms with Crippen LogP contribution in [0.4, 0.5) is 11.5 Å². The van der Waals surface area contributed by atoms with E-state index in [1.807, 2.05) is 31.2 Å². The van der Waals surface area contributed by atoms with Gasteiger partial charge in [0.1, 0.15) is 11.6 Å². The lowest BCUT2D eigenvalue weighted by Gasteiger charge is -2.13. The molecule has 0 saturated carbocycles. The number of hydrogen-bond acceptors (Lipinski definition) is 4. The number of aromatic nitrogens is 2. The first-order valence-electron chi connectivity index (χ1n) is 7.51. The first-order chi connectivity index (χ1) is 10.5. The summed E-state index contributed by atoms with van der Waals surface area (Å²) in [4.78, 5) is 19.4. The molecule has 1 aromatic carbocycles. The molecule has 116 valence electrons. The first-order valence-corrected chi connectivity index (χ1v) is 7.51. The standard InChI is InChI=1S/C17H22N4O/c1-4-11(2)9-15-20-16(13(10-18)17(22)21-15)19-14-8-6-5-7-12(14)3/h5-8,10-11,18H,4,9H2,1-3H3,(H2,19,20,21,22). The molecule has 2 rings (SSSR count). The van der Waals surface area contributed by atoms with Crippen LogP contribution in [0.5, 0.6) is 0 Å². The fraction of sp³-hybridized carbons (Fsp3) is 0.353. The number of anilines is 2. The fourth-order valence-corrected chi connectivity index (χ4v) is 2.17. The first kappa shape index (κ1) is 15.9. The molecule has 1 atom stereocenters. The Bertz CT molecular complexity index is 721. The second kappa shape index (κ2) is 7.02. The van der Waals surface area contributed by atoms with Gasteiger partial charge >= 0.3 is 0 Å². The van der Waals surface area contributed by atoms with Crippen LogP contribution in [-0.2, 0) is 6.42 Å². The normalized spacial score (nSPS) is 12.0. The van der Waals surface area contributed by atoms with Gasteiger partial charge in [-0.1, -0.05) is 38.5 Å². The summed E-state index contributed by atoms with van der Waals surface area (Å²) in [7, 11) is 0. The number of para-hydroxylation sites is 1. The van der Waals surface area contributed by atoms with Crippen LogP contribution < -0.4 is 10.9 Å². The summed E-state index contributed by atoms with van der Waals surface area (Å²) >= 11 is 0. The highest BCUT2D eigenvalue weighted by molar-refractivity contribution is 5.85. The number of aromatic amines is 1. The van der Waals surface area contributed by atoms with Crippen LogP contribution >= 0.6 is 0 Å². The third-order valence-corrected chi connectivity index (χ3v) is 3.79. The Balaban J connectivity index is 2.42. The summed E-state index contributed by atoms with van der Waals surface area (Å²) in [5, 5.41) is 10.6. The summed E-state index contributed by atoms with van der Waals surface area (Å²) in [5.41, 5.74) is 1.91. The van der Waals surface area contributed by atoms with Crippen LogP contribution in [0.1, 0.15) is 37.2 Å². The van der Waals surface area contributed by atoms with Crippen molar-refractivity contribution in [1.82, 2.24) is 9.97 Å². The molecule has 5 heteroatoms. The quantitative estimate of drug-likeness (QED) is 0.715. The summed E-state index contributed by atoms with van der Waals surface area (Å²) in [5.74, 6) is 1.53. The highest BCUT2D eigenvalue weighted by atomic mass is 16.1. The Morgan fingerprint density at radius 3 is 2.77 bits per heavy atom. The maximum Gasteiger partial charge on any atom is 0.261 e. The molecule has 0 spiro atoms. The van der Waals surface area contributed by atoms with E-state index in [2.05, 4.69) is 29.1 Å². The lowest BCUT2D eigenvalue weighted by molar-refractivity contribution is 0.542. The van der Waals surface area contributed by atoms with Gasteiger partial charge in [-0.05, 0) is 24.5 Å². The minimum atomic E-state index is -0.278. The predicted octanol–water partition coefficient (Wildman–Crippen LogP) is 3.41. The SMILES string of the molecule is CCC(C)Cc1nc(Nc2ccccc2C)c(C=N)c(=O)[nH]1. The van der Waals surface area contributed by atoms with E-state index < -0.39 is 0 Å². The van der Waals surface area contributed by atoms with Crippen molar-refractivity contribution in [2.24, 2.45) is 5.92 Å². The van der Waals surface area contributed by atoms with Crippen LogP contribution in [0.2, 0.25) is 0 Å². The highest BCUT2D eigenvalue weighted by Crippen LogP contribution is 2.20. The average Bonchev–Trinajstić information content (AvgIpc) is 2.49. The Morgan fingerprint density at radius 2 is 2.14 bits per heavy atom. The third kappa shape index (κ3) is 3.61. The number of nitrogens with zero attached hydrogens (tertiary/aromatic N) is 1. The zero-order valence-electron chi connectivity index (χ0n) is 13.2. The summed E-state index contributed by atoms with van der Waals surface area (Å²) in [6.07, 6.45) is 2.78. The van der Waals surface area contributed by atoms with Crippen molar-refractivity contribution >= 4 is 17.7 Å². The molecule has 1 aromatic heterocycles. The van der Waals surface area contributed by atoms with Crippen LogP contribution in [0.15, 0.2) is 29.1 Å². The van der Waals surface area contributed by atoms with Crippen molar-refractivity contribution in [1.29, 1.82) is 5.41 Å². The number of benzene rings is 1. The Labute approximate surface area is 130 Å². The second-order valence-corrected chi connectivity index (χ2v) is 5.58. The molecular weight excluding hydrogens is 276 g/mol. The van der Waals surface area contributed by atoms with E-state index in [0.717, 1.165) is 23.9 Å². The number of aryl methyl sites for hydroxylation is 1. The predicted molar refractivity (Wildman–Crippen MR) is 90.4 cm³/mol. The van der Waals surface area contributed by atoms with Crippen molar-refractivity contribution in [2.75, 3.05) is 5.32 Å². The average molecular weight is 298 g/mol. The van der Waals surface area contributed by atoms with E-state index in [1.165, 1.54) is 0 Å². The van der Waals surface area contributed by atoms with Gasteiger partial charge in [-0.25, -0.2) is 4.98 Å². The molecule has 0 aliphatic rings. The van der Waals surface area contributed by atoms with E-state index in [0.29, 0.717) is 24.0 Å². The Morgan fingerprint density at radius 1 is 1.41 bits per heavy atom. The summed E-state index contributed by atoms with van der Waals surface area (Å²) in [6.45, 7) is 6.22. The van der Waals surface area contributed by atoms with Gasteiger partial charge in [0.2, 0.25) is 0 Å². The molecule has 0 fully saturated rings. The molecule has 1 heterocycles. The number of nitrogens with one attached hydrogen (secondary N) is 3. The van der Waals surface area contributed by atoms with Gasteiger partial charge in [0.25, 0.3) is 5.56 Å². The molecule has 1 unspecified atom stereocenters. The van der Waals surface area contributed by atoms with Crippen molar-refractivity contribution in [3.05, 3.63) is 51.6 Å². The summed E-state index contributed by atoms with van der Waals surface area (Å²) in [6, 6.07) is 7.80. The molecule has 2 aromatic rings. The van der Waals surface area contributed by atoms with Gasteiger partial charge in [-0.3, -0.25) is 4.79 Å². The molecule has 0 bridgehead atoms. The van der Waals surface area contributed by atoms with Gasteiger partial charge in [-0.2, -0.15) is 0 Å². The van der Waals surface area contributed by atoms with Crippen LogP contribution in [0.3, 0.4) is 0 Å². The van der Waals surface area contributed by atoms with Crippen molar-refractivity contribution in [3.63, 3.8) is 0 Å². The zero-order chi connectivity index (χ0) is 16.1. The van der Waals surface area contributed by atoms with Crippen molar-refractivity contribution < 1.29 is 0 Å². The largest absolute Gasteiger partial charge is 0.339 e. The van der Waals surface area contributed by atoms with Crippen molar-refractivity contribution in [2.45, 2.75) is 33.6 Å². The van der Waals surface area contributed by atoms with E-state index in [4.69, 9.17) is 5.41 Å². The Kier molecular flexibility index (Phi) is 5.09. The van der Waals surface area contributed by atoms with E-state index in [9.17, 15) is 4.79 Å². The lowest BCUT2D eigenvalue weighted by Crippen LogP contribution is -2.20. The van der Waals surface area contributed by atoms with Crippen LogP contribution in [0, 0.1) is 18.3 Å². The lowest BCUT2D eigenvalue weighted by atomic mass is 10.1. The zero-order valence-corrected chi connectivity index (χ0v) is 13.2. The van der Waals surface area contributed by atoms with Gasteiger partial charge in [-0.15, -0.1) is 0 Å². The second-order valence-electron chi connectivity index (χ2n) is 5.58. The maximum atomic E-state index is 12.2. The summed E-state index contributed by atoms with van der Waals surface area (Å²) < 4.78 is 0. The maximum absolute atomic E-state index is 12.2. The molecule has 5 nitrogen and oxygen atoms in total. The van der Waals surface area contributed by atoms with Gasteiger partial charge in [0, 0.05) is 18.3 Å². The molecule has 0 radical (unpaired) electrons. The van der Waals surface area contributed by atoms with Crippen molar-refractivity contribution in [3.8, 4) is 0 Å². The smallest absolute Gasteiger partial charge is 0.261 e. The van der Waals surface area contributed by atoms with E-state index in [-0.39, 0.29) is 11.1 Å². The topological polar surface area (TPSA) is 81.6 Å². The number of hydrogen-bond donors (Lipinski definition) is 3.